The van der Waals surface area contributed by atoms with Gasteiger partial charge >= 0.3 is 0 Å². The van der Waals surface area contributed by atoms with Crippen LogP contribution in [0.15, 0.2) is 30.6 Å². The van der Waals surface area contributed by atoms with Crippen molar-refractivity contribution in [2.75, 3.05) is 7.11 Å². The molecule has 0 spiro atoms. The lowest BCUT2D eigenvalue weighted by atomic mass is 10.1. The fourth-order valence-corrected chi connectivity index (χ4v) is 1.60. The van der Waals surface area contributed by atoms with E-state index in [9.17, 15) is 0 Å². The molecule has 1 aromatic heterocycles. The first-order chi connectivity index (χ1) is 6.86. The summed E-state index contributed by atoms with van der Waals surface area (Å²) in [5.41, 5.74) is 6.70. The molecule has 0 fully saturated rings. The van der Waals surface area contributed by atoms with E-state index in [1.54, 1.807) is 13.3 Å². The van der Waals surface area contributed by atoms with Gasteiger partial charge in [-0.2, -0.15) is 0 Å². The summed E-state index contributed by atoms with van der Waals surface area (Å²) < 4.78 is 5.24. The summed E-state index contributed by atoms with van der Waals surface area (Å²) in [6.07, 6.45) is 3.59. The van der Waals surface area contributed by atoms with Crippen LogP contribution in [0.3, 0.4) is 0 Å². The Hall–Kier alpha value is -1.61. The van der Waals surface area contributed by atoms with Crippen molar-refractivity contribution < 1.29 is 4.74 Å². The molecule has 0 saturated carbocycles. The number of pyridine rings is 1. The van der Waals surface area contributed by atoms with Crippen LogP contribution in [-0.2, 0) is 6.54 Å². The quantitative estimate of drug-likeness (QED) is 0.780. The highest BCUT2D eigenvalue weighted by molar-refractivity contribution is 5.86. The number of hydrogen-bond donors (Lipinski definition) is 1. The molecule has 0 aliphatic rings. The summed E-state index contributed by atoms with van der Waals surface area (Å²) in [5.74, 6) is 0.827. The zero-order valence-corrected chi connectivity index (χ0v) is 8.03. The van der Waals surface area contributed by atoms with Gasteiger partial charge in [-0.3, -0.25) is 4.98 Å². The zero-order valence-electron chi connectivity index (χ0n) is 8.03. The van der Waals surface area contributed by atoms with Crippen molar-refractivity contribution in [1.29, 1.82) is 0 Å². The molecule has 3 nitrogen and oxygen atoms in total. The Labute approximate surface area is 82.5 Å². The summed E-state index contributed by atoms with van der Waals surface area (Å²) in [5, 5.41) is 2.20. The van der Waals surface area contributed by atoms with Crippen molar-refractivity contribution >= 4 is 10.8 Å². The summed E-state index contributed by atoms with van der Waals surface area (Å²) in [6, 6.07) is 5.91. The number of fused-ring (bicyclic) bond motifs is 1. The van der Waals surface area contributed by atoms with E-state index in [2.05, 4.69) is 4.98 Å². The molecule has 3 heteroatoms. The molecule has 0 radical (unpaired) electrons. The second kappa shape index (κ2) is 3.64. The van der Waals surface area contributed by atoms with E-state index >= 15 is 0 Å². The molecule has 0 unspecified atom stereocenters. The lowest BCUT2D eigenvalue weighted by molar-refractivity contribution is 0.410. The van der Waals surface area contributed by atoms with E-state index in [0.717, 1.165) is 22.1 Å². The average Bonchev–Trinajstić information content (AvgIpc) is 2.27. The minimum absolute atomic E-state index is 0.464. The largest absolute Gasteiger partial charge is 0.496 e. The van der Waals surface area contributed by atoms with Gasteiger partial charge in [-0.15, -0.1) is 0 Å². The Kier molecular flexibility index (Phi) is 2.33. The van der Waals surface area contributed by atoms with Gasteiger partial charge in [0.25, 0.3) is 0 Å². The zero-order chi connectivity index (χ0) is 9.97. The van der Waals surface area contributed by atoms with Gasteiger partial charge in [0.05, 0.1) is 7.11 Å². The molecule has 1 heterocycles. The lowest BCUT2D eigenvalue weighted by Crippen LogP contribution is -2.00. The number of nitrogens with two attached hydrogens (primary N) is 1. The molecule has 0 saturated heterocycles. The fourth-order valence-electron chi connectivity index (χ4n) is 1.60. The van der Waals surface area contributed by atoms with Gasteiger partial charge in [0.1, 0.15) is 5.75 Å². The van der Waals surface area contributed by atoms with Crippen LogP contribution in [0.1, 0.15) is 5.56 Å². The number of rotatable bonds is 2. The second-order valence-electron chi connectivity index (χ2n) is 3.05. The molecule has 0 bridgehead atoms. The predicted octanol–water partition coefficient (Wildman–Crippen LogP) is 1.70. The number of benzene rings is 1. The van der Waals surface area contributed by atoms with E-state index in [1.165, 1.54) is 0 Å². The average molecular weight is 188 g/mol. The summed E-state index contributed by atoms with van der Waals surface area (Å²) in [4.78, 5) is 4.09. The molecule has 0 aliphatic carbocycles. The van der Waals surface area contributed by atoms with Crippen molar-refractivity contribution in [3.8, 4) is 5.75 Å². The molecule has 72 valence electrons. The number of nitrogens with zero attached hydrogens (tertiary/aromatic N) is 1. The van der Waals surface area contributed by atoms with Crippen molar-refractivity contribution in [3.05, 3.63) is 36.2 Å². The number of methoxy groups -OCH3 is 1. The van der Waals surface area contributed by atoms with Crippen LogP contribution >= 0.6 is 0 Å². The molecule has 2 rings (SSSR count). The first kappa shape index (κ1) is 8.97. The summed E-state index contributed by atoms with van der Waals surface area (Å²) in [7, 11) is 1.65. The van der Waals surface area contributed by atoms with Crippen LogP contribution < -0.4 is 10.5 Å². The van der Waals surface area contributed by atoms with Gasteiger partial charge in [0, 0.05) is 29.9 Å². The Morgan fingerprint density at radius 1 is 1.36 bits per heavy atom. The monoisotopic (exact) mass is 188 g/mol. The van der Waals surface area contributed by atoms with Crippen LogP contribution in [0.25, 0.3) is 10.8 Å². The van der Waals surface area contributed by atoms with Crippen LogP contribution in [0.4, 0.5) is 0 Å². The summed E-state index contributed by atoms with van der Waals surface area (Å²) >= 11 is 0. The van der Waals surface area contributed by atoms with Crippen molar-refractivity contribution in [2.24, 2.45) is 5.73 Å². The highest BCUT2D eigenvalue weighted by atomic mass is 16.5. The molecule has 2 aromatic rings. The Balaban J connectivity index is 2.77. The second-order valence-corrected chi connectivity index (χ2v) is 3.05. The molecule has 0 amide bonds. The van der Waals surface area contributed by atoms with Crippen LogP contribution in [0, 0.1) is 0 Å². The summed E-state index contributed by atoms with van der Waals surface area (Å²) in [6.45, 7) is 0.464. The number of hydrogen-bond acceptors (Lipinski definition) is 3. The SMILES string of the molecule is COc1ccc2ccncc2c1CN. The fraction of sp³-hybridized carbons (Fsp3) is 0.182. The van der Waals surface area contributed by atoms with E-state index < -0.39 is 0 Å². The van der Waals surface area contributed by atoms with E-state index in [-0.39, 0.29) is 0 Å². The van der Waals surface area contributed by atoms with Gasteiger partial charge in [-0.05, 0) is 17.5 Å². The van der Waals surface area contributed by atoms with Gasteiger partial charge < -0.3 is 10.5 Å². The van der Waals surface area contributed by atoms with Crippen molar-refractivity contribution in [1.82, 2.24) is 4.98 Å². The maximum atomic E-state index is 5.68. The van der Waals surface area contributed by atoms with E-state index in [0.29, 0.717) is 6.54 Å². The number of ether oxygens (including phenoxy) is 1. The molecule has 0 aliphatic heterocycles. The highest BCUT2D eigenvalue weighted by Gasteiger charge is 2.05. The number of aromatic nitrogens is 1. The molecule has 2 N–H and O–H groups in total. The van der Waals surface area contributed by atoms with Crippen molar-refractivity contribution in [2.45, 2.75) is 6.54 Å². The first-order valence-corrected chi connectivity index (χ1v) is 4.46. The van der Waals surface area contributed by atoms with Crippen molar-refractivity contribution in [3.63, 3.8) is 0 Å². The van der Waals surface area contributed by atoms with Gasteiger partial charge in [-0.1, -0.05) is 6.07 Å². The third kappa shape index (κ3) is 1.32. The normalized spacial score (nSPS) is 10.4. The van der Waals surface area contributed by atoms with Gasteiger partial charge in [-0.25, -0.2) is 0 Å². The van der Waals surface area contributed by atoms with Gasteiger partial charge in [0.15, 0.2) is 0 Å². The topological polar surface area (TPSA) is 48.1 Å². The van der Waals surface area contributed by atoms with Crippen LogP contribution in [-0.4, -0.2) is 12.1 Å². The smallest absolute Gasteiger partial charge is 0.124 e. The molecular weight excluding hydrogens is 176 g/mol. The lowest BCUT2D eigenvalue weighted by Gasteiger charge is -2.09. The molecular formula is C11H12N2O. The standard InChI is InChI=1S/C11H12N2O/c1-14-11-3-2-8-4-5-13-7-10(8)9(11)6-12/h2-5,7H,6,12H2,1H3. The van der Waals surface area contributed by atoms with E-state index in [4.69, 9.17) is 10.5 Å². The van der Waals surface area contributed by atoms with Crippen LogP contribution in [0.2, 0.25) is 0 Å². The Morgan fingerprint density at radius 2 is 2.21 bits per heavy atom. The third-order valence-corrected chi connectivity index (χ3v) is 2.32. The Bertz CT molecular complexity index is 454. The molecule has 0 atom stereocenters. The van der Waals surface area contributed by atoms with Gasteiger partial charge in [0.2, 0.25) is 0 Å². The first-order valence-electron chi connectivity index (χ1n) is 4.46. The maximum Gasteiger partial charge on any atom is 0.124 e. The molecule has 14 heavy (non-hydrogen) atoms. The third-order valence-electron chi connectivity index (χ3n) is 2.32. The van der Waals surface area contributed by atoms with Crippen LogP contribution in [0.5, 0.6) is 5.75 Å². The minimum Gasteiger partial charge on any atom is -0.496 e. The minimum atomic E-state index is 0.464. The predicted molar refractivity (Wildman–Crippen MR) is 56.2 cm³/mol. The Morgan fingerprint density at radius 3 is 2.93 bits per heavy atom. The highest BCUT2D eigenvalue weighted by Crippen LogP contribution is 2.26. The maximum absolute atomic E-state index is 5.68. The molecule has 1 aromatic carbocycles. The van der Waals surface area contributed by atoms with E-state index in [1.807, 2.05) is 24.4 Å².